The molecule has 0 bridgehead atoms. The van der Waals surface area contributed by atoms with Crippen LogP contribution < -0.4 is 10.8 Å². The zero-order valence-electron chi connectivity index (χ0n) is 8.90. The van der Waals surface area contributed by atoms with Gasteiger partial charge >= 0.3 is 0 Å². The van der Waals surface area contributed by atoms with Crippen LogP contribution in [-0.4, -0.2) is 4.98 Å². The summed E-state index contributed by atoms with van der Waals surface area (Å²) in [5.74, 6) is 0.720. The molecule has 0 aromatic heterocycles. The van der Waals surface area contributed by atoms with Crippen LogP contribution >= 0.6 is 0 Å². The largest absolute Gasteiger partial charge is 0.453 e. The molecule has 16 heavy (non-hydrogen) atoms. The summed E-state index contributed by atoms with van der Waals surface area (Å²) in [4.78, 5) is 4.51. The van der Waals surface area contributed by atoms with Crippen molar-refractivity contribution in [2.24, 2.45) is 0 Å². The van der Waals surface area contributed by atoms with E-state index in [2.05, 4.69) is 4.98 Å². The molecule has 0 spiro atoms. The fourth-order valence-corrected chi connectivity index (χ4v) is 1.75. The molecular formula is C13H11N2O+. The molecule has 1 aliphatic heterocycles. The molecule has 1 aliphatic carbocycles. The summed E-state index contributed by atoms with van der Waals surface area (Å²) >= 11 is 0. The van der Waals surface area contributed by atoms with Crippen molar-refractivity contribution >= 4 is 11.1 Å². The highest BCUT2D eigenvalue weighted by Crippen LogP contribution is 2.23. The Bertz CT molecular complexity index is 700. The SMILES string of the molecule is Cc1ccc2nc3ccc(=[NH2+])cc-3oc2c1. The van der Waals surface area contributed by atoms with E-state index in [1.807, 2.05) is 37.3 Å². The smallest absolute Gasteiger partial charge is 0.200 e. The zero-order chi connectivity index (χ0) is 11.1. The van der Waals surface area contributed by atoms with Gasteiger partial charge in [-0.3, -0.25) is 5.41 Å². The Morgan fingerprint density at radius 1 is 1.12 bits per heavy atom. The van der Waals surface area contributed by atoms with E-state index in [9.17, 15) is 0 Å². The topological polar surface area (TPSA) is 51.6 Å². The molecular weight excluding hydrogens is 200 g/mol. The van der Waals surface area contributed by atoms with Crippen LogP contribution in [0.3, 0.4) is 0 Å². The molecule has 0 saturated heterocycles. The number of hydrogen-bond acceptors (Lipinski definition) is 2. The summed E-state index contributed by atoms with van der Waals surface area (Å²) in [6.07, 6.45) is 0. The fraction of sp³-hybridized carbons (Fsp3) is 0.0769. The lowest BCUT2D eigenvalue weighted by molar-refractivity contribution is -0.172. The summed E-state index contributed by atoms with van der Waals surface area (Å²) in [5.41, 5.74) is 3.63. The summed E-state index contributed by atoms with van der Waals surface area (Å²) in [6, 6.07) is 11.4. The lowest BCUT2D eigenvalue weighted by Crippen LogP contribution is -2.44. The molecule has 3 nitrogen and oxygen atoms in total. The summed E-state index contributed by atoms with van der Waals surface area (Å²) < 4.78 is 5.77. The molecule has 2 N–H and O–H groups in total. The van der Waals surface area contributed by atoms with Crippen LogP contribution in [0.15, 0.2) is 40.8 Å². The highest BCUT2D eigenvalue weighted by Gasteiger charge is 2.08. The molecule has 0 unspecified atom stereocenters. The summed E-state index contributed by atoms with van der Waals surface area (Å²) in [5, 5.41) is 6.40. The van der Waals surface area contributed by atoms with Crippen molar-refractivity contribution in [1.82, 2.24) is 4.98 Å². The maximum atomic E-state index is 5.77. The summed E-state index contributed by atoms with van der Waals surface area (Å²) in [7, 11) is 0. The first-order valence-corrected chi connectivity index (χ1v) is 5.12. The van der Waals surface area contributed by atoms with E-state index in [4.69, 9.17) is 9.83 Å². The van der Waals surface area contributed by atoms with Crippen LogP contribution in [0.5, 0.6) is 0 Å². The van der Waals surface area contributed by atoms with Crippen molar-refractivity contribution in [3.05, 3.63) is 47.3 Å². The monoisotopic (exact) mass is 211 g/mol. The molecule has 0 amide bonds. The average Bonchev–Trinajstić information content (AvgIpc) is 2.26. The highest BCUT2D eigenvalue weighted by molar-refractivity contribution is 5.76. The van der Waals surface area contributed by atoms with Crippen molar-refractivity contribution in [3.8, 4) is 11.5 Å². The standard InChI is InChI=1S/C13H10N2O/c1-8-2-4-10-12(6-8)16-13-7-9(14)3-5-11(13)15-10/h2-7,14H,1H3/p+1. The first-order chi connectivity index (χ1) is 7.72. The van der Waals surface area contributed by atoms with E-state index in [1.54, 1.807) is 6.07 Å². The first kappa shape index (κ1) is 9.09. The van der Waals surface area contributed by atoms with Gasteiger partial charge in [0.2, 0.25) is 5.36 Å². The number of nitrogens with zero attached hydrogens (tertiary/aromatic N) is 1. The van der Waals surface area contributed by atoms with Crippen molar-refractivity contribution < 1.29 is 9.83 Å². The predicted molar refractivity (Wildman–Crippen MR) is 60.4 cm³/mol. The second-order valence-electron chi connectivity index (χ2n) is 3.91. The Balaban J connectivity index is 2.46. The van der Waals surface area contributed by atoms with Gasteiger partial charge in [0.05, 0.1) is 6.07 Å². The van der Waals surface area contributed by atoms with Crippen LogP contribution in [0.4, 0.5) is 0 Å². The molecule has 1 aromatic rings. The molecule has 2 aliphatic rings. The maximum Gasteiger partial charge on any atom is 0.200 e. The van der Waals surface area contributed by atoms with Crippen molar-refractivity contribution in [2.45, 2.75) is 6.92 Å². The van der Waals surface area contributed by atoms with E-state index in [1.165, 1.54) is 0 Å². The van der Waals surface area contributed by atoms with Gasteiger partial charge in [0.25, 0.3) is 0 Å². The van der Waals surface area contributed by atoms with Gasteiger partial charge in [-0.2, -0.15) is 0 Å². The number of fused-ring (bicyclic) bond motifs is 2. The molecule has 1 heterocycles. The third-order valence-corrected chi connectivity index (χ3v) is 2.56. The van der Waals surface area contributed by atoms with Gasteiger partial charge in [-0.05, 0) is 30.7 Å². The quantitative estimate of drug-likeness (QED) is 0.562. The maximum absolute atomic E-state index is 5.77. The molecule has 3 rings (SSSR count). The van der Waals surface area contributed by atoms with Crippen molar-refractivity contribution in [1.29, 1.82) is 0 Å². The Morgan fingerprint density at radius 2 is 2.00 bits per heavy atom. The minimum Gasteiger partial charge on any atom is -0.453 e. The number of rotatable bonds is 0. The zero-order valence-corrected chi connectivity index (χ0v) is 8.90. The van der Waals surface area contributed by atoms with E-state index < -0.39 is 0 Å². The number of benzene rings is 2. The molecule has 0 radical (unpaired) electrons. The number of aromatic nitrogens is 1. The van der Waals surface area contributed by atoms with Crippen LogP contribution in [0.25, 0.3) is 22.6 Å². The predicted octanol–water partition coefficient (Wildman–Crippen LogP) is 0.901. The van der Waals surface area contributed by atoms with Crippen LogP contribution in [0.1, 0.15) is 5.56 Å². The second kappa shape index (κ2) is 3.17. The van der Waals surface area contributed by atoms with E-state index in [-0.39, 0.29) is 0 Å². The van der Waals surface area contributed by atoms with Gasteiger partial charge in [0.1, 0.15) is 11.2 Å². The Hall–Kier alpha value is -2.16. The van der Waals surface area contributed by atoms with Gasteiger partial charge in [0, 0.05) is 6.07 Å². The number of nitrogens with two attached hydrogens (primary N) is 1. The lowest BCUT2D eigenvalue weighted by atomic mass is 10.2. The van der Waals surface area contributed by atoms with Crippen molar-refractivity contribution in [3.63, 3.8) is 0 Å². The van der Waals surface area contributed by atoms with Crippen molar-refractivity contribution in [2.75, 3.05) is 0 Å². The normalized spacial score (nSPS) is 11.1. The van der Waals surface area contributed by atoms with Gasteiger partial charge < -0.3 is 4.42 Å². The average molecular weight is 211 g/mol. The lowest BCUT2D eigenvalue weighted by Gasteiger charge is -2.05. The number of aryl methyl sites for hydroxylation is 1. The minimum atomic E-state index is 0.685. The number of hydrogen-bond donors (Lipinski definition) is 1. The molecule has 78 valence electrons. The first-order valence-electron chi connectivity index (χ1n) is 5.12. The van der Waals surface area contributed by atoms with Crippen LogP contribution in [0, 0.1) is 6.92 Å². The van der Waals surface area contributed by atoms with Crippen LogP contribution in [-0.2, 0) is 0 Å². The van der Waals surface area contributed by atoms with E-state index in [0.29, 0.717) is 5.36 Å². The molecule has 0 fully saturated rings. The Kier molecular flexibility index (Phi) is 1.80. The van der Waals surface area contributed by atoms with Gasteiger partial charge in [-0.25, -0.2) is 4.98 Å². The fourth-order valence-electron chi connectivity index (χ4n) is 1.75. The third kappa shape index (κ3) is 1.37. The minimum absolute atomic E-state index is 0.685. The molecule has 1 aromatic carbocycles. The second-order valence-corrected chi connectivity index (χ2v) is 3.91. The summed E-state index contributed by atoms with van der Waals surface area (Å²) in [6.45, 7) is 2.03. The van der Waals surface area contributed by atoms with Gasteiger partial charge in [-0.15, -0.1) is 0 Å². The van der Waals surface area contributed by atoms with E-state index >= 15 is 0 Å². The molecule has 0 saturated carbocycles. The van der Waals surface area contributed by atoms with Crippen LogP contribution in [0.2, 0.25) is 0 Å². The van der Waals surface area contributed by atoms with Gasteiger partial charge in [0.15, 0.2) is 11.3 Å². The van der Waals surface area contributed by atoms with Gasteiger partial charge in [-0.1, -0.05) is 6.07 Å². The van der Waals surface area contributed by atoms with E-state index in [0.717, 1.165) is 28.1 Å². The Morgan fingerprint density at radius 3 is 2.88 bits per heavy atom. The Labute approximate surface area is 92.2 Å². The highest BCUT2D eigenvalue weighted by atomic mass is 16.3. The molecule has 0 atom stereocenters. The molecule has 3 heteroatoms. The third-order valence-electron chi connectivity index (χ3n) is 2.56.